The van der Waals surface area contributed by atoms with Gasteiger partial charge in [0, 0.05) is 10.2 Å². The Balaban J connectivity index is 1.96. The summed E-state index contributed by atoms with van der Waals surface area (Å²) in [7, 11) is 0. The van der Waals surface area contributed by atoms with Crippen molar-refractivity contribution >= 4 is 22.6 Å². The van der Waals surface area contributed by atoms with Gasteiger partial charge in [-0.25, -0.2) is 0 Å². The van der Waals surface area contributed by atoms with Crippen LogP contribution in [0.25, 0.3) is 10.8 Å². The molecule has 0 bridgehead atoms. The van der Waals surface area contributed by atoms with Gasteiger partial charge in [0.15, 0.2) is 5.54 Å². The number of aromatic hydroxyl groups is 1. The van der Waals surface area contributed by atoms with E-state index in [1.54, 1.807) is 18.2 Å². The predicted octanol–water partition coefficient (Wildman–Crippen LogP) is 1.06. The van der Waals surface area contributed by atoms with Crippen molar-refractivity contribution in [3.8, 4) is 5.75 Å². The Morgan fingerprint density at radius 3 is 2.50 bits per heavy atom. The second-order valence-electron chi connectivity index (χ2n) is 5.05. The fraction of sp³-hybridized carbons (Fsp3) is 0.200. The molecular formula is C15H14NO4+. The van der Waals surface area contributed by atoms with E-state index in [0.717, 1.165) is 5.39 Å². The summed E-state index contributed by atoms with van der Waals surface area (Å²) in [5.41, 5.74) is -0.925. The number of fused-ring (bicyclic) bond motifs is 1. The van der Waals surface area contributed by atoms with Gasteiger partial charge in [-0.15, -0.1) is 0 Å². The number of rotatable bonds is 3. The Morgan fingerprint density at radius 2 is 1.85 bits per heavy atom. The summed E-state index contributed by atoms with van der Waals surface area (Å²) in [5.74, 6) is -1.41. The van der Waals surface area contributed by atoms with E-state index in [0.29, 0.717) is 18.2 Å². The maximum Gasteiger partial charge on any atom is 0.541 e. The molecule has 0 spiro atoms. The van der Waals surface area contributed by atoms with Gasteiger partial charge in [0.1, 0.15) is 5.75 Å². The van der Waals surface area contributed by atoms with Crippen molar-refractivity contribution in [3.05, 3.63) is 42.0 Å². The summed E-state index contributed by atoms with van der Waals surface area (Å²) >= 11 is 0. The maximum atomic E-state index is 12.2. The van der Waals surface area contributed by atoms with Crippen LogP contribution in [-0.4, -0.2) is 27.6 Å². The molecule has 0 aliphatic heterocycles. The Hall–Kier alpha value is -2.56. The Kier molecular flexibility index (Phi) is 2.64. The standard InChI is InChI=1S/C15H13NO4/c17-12-10-4-2-1-3-9(10)5-6-11(12)13(18)16-15(7-8-15)14(19)20/h1-6,17H,7-8H2,(H,16,18)(H,19,20)/p+1. The van der Waals surface area contributed by atoms with Gasteiger partial charge in [-0.2, -0.15) is 0 Å². The molecule has 0 atom stereocenters. The first-order valence-corrected chi connectivity index (χ1v) is 6.33. The fourth-order valence-electron chi connectivity index (χ4n) is 2.26. The smallest absolute Gasteiger partial charge is 0.541 e. The first kappa shape index (κ1) is 12.5. The SMILES string of the molecule is O=C(NC1(C(=O)[OH2+])CC1)c1ccc2ccccc2c1O. The number of hydrogen-bond acceptors (Lipinski definition) is 3. The first-order valence-electron chi connectivity index (χ1n) is 6.33. The third-order valence-corrected chi connectivity index (χ3v) is 3.68. The molecule has 0 aromatic heterocycles. The summed E-state index contributed by atoms with van der Waals surface area (Å²) in [6.45, 7) is 0. The molecule has 20 heavy (non-hydrogen) atoms. The molecule has 0 saturated heterocycles. The summed E-state index contributed by atoms with van der Waals surface area (Å²) in [6, 6.07) is 10.5. The lowest BCUT2D eigenvalue weighted by Gasteiger charge is -2.11. The molecule has 2 aromatic carbocycles. The molecule has 1 aliphatic rings. The van der Waals surface area contributed by atoms with Crippen LogP contribution >= 0.6 is 0 Å². The molecule has 4 N–H and O–H groups in total. The molecule has 1 saturated carbocycles. The lowest BCUT2D eigenvalue weighted by Crippen LogP contribution is -2.43. The summed E-state index contributed by atoms with van der Waals surface area (Å²) in [6.07, 6.45) is 0.963. The quantitative estimate of drug-likeness (QED) is 0.819. The van der Waals surface area contributed by atoms with Crippen molar-refractivity contribution in [2.24, 2.45) is 0 Å². The van der Waals surface area contributed by atoms with E-state index in [2.05, 4.69) is 5.32 Å². The van der Waals surface area contributed by atoms with Gasteiger partial charge in [-0.1, -0.05) is 30.3 Å². The lowest BCUT2D eigenvalue weighted by molar-refractivity contribution is -0.140. The Morgan fingerprint density at radius 1 is 1.15 bits per heavy atom. The second-order valence-corrected chi connectivity index (χ2v) is 5.05. The van der Waals surface area contributed by atoms with Crippen LogP contribution in [0.1, 0.15) is 23.2 Å². The van der Waals surface area contributed by atoms with Crippen molar-refractivity contribution in [2.75, 3.05) is 0 Å². The van der Waals surface area contributed by atoms with Crippen LogP contribution in [0.15, 0.2) is 36.4 Å². The highest BCUT2D eigenvalue weighted by Crippen LogP contribution is 2.37. The fourth-order valence-corrected chi connectivity index (χ4v) is 2.26. The molecule has 3 rings (SSSR count). The van der Waals surface area contributed by atoms with Gasteiger partial charge in [-0.3, -0.25) is 4.79 Å². The molecule has 1 fully saturated rings. The topological polar surface area (TPSA) is 89.3 Å². The largest absolute Gasteiger partial charge is 0.563 e. The van der Waals surface area contributed by atoms with Gasteiger partial charge in [0.2, 0.25) is 0 Å². The maximum absolute atomic E-state index is 12.2. The van der Waals surface area contributed by atoms with Crippen LogP contribution in [0, 0.1) is 0 Å². The van der Waals surface area contributed by atoms with E-state index in [4.69, 9.17) is 5.11 Å². The highest BCUT2D eigenvalue weighted by atomic mass is 16.4. The molecule has 0 unspecified atom stereocenters. The van der Waals surface area contributed by atoms with Gasteiger partial charge < -0.3 is 15.5 Å². The molecule has 5 nitrogen and oxygen atoms in total. The number of hydrogen-bond donors (Lipinski definition) is 2. The normalized spacial score (nSPS) is 15.8. The van der Waals surface area contributed by atoms with Crippen molar-refractivity contribution in [1.82, 2.24) is 5.32 Å². The van der Waals surface area contributed by atoms with Crippen LogP contribution in [0.4, 0.5) is 0 Å². The van der Waals surface area contributed by atoms with Gasteiger partial charge in [-0.05, 0) is 24.3 Å². The predicted molar refractivity (Wildman–Crippen MR) is 73.7 cm³/mol. The van der Waals surface area contributed by atoms with E-state index < -0.39 is 17.4 Å². The van der Waals surface area contributed by atoms with E-state index in [1.165, 1.54) is 6.07 Å². The van der Waals surface area contributed by atoms with E-state index >= 15 is 0 Å². The molecule has 2 aromatic rings. The summed E-state index contributed by atoms with van der Waals surface area (Å²) in [5, 5.41) is 21.3. The molecule has 1 amide bonds. The lowest BCUT2D eigenvalue weighted by atomic mass is 10.0. The molecule has 5 heteroatoms. The molecule has 0 heterocycles. The molecule has 102 valence electrons. The Labute approximate surface area is 114 Å². The monoisotopic (exact) mass is 272 g/mol. The highest BCUT2D eigenvalue weighted by Gasteiger charge is 2.57. The van der Waals surface area contributed by atoms with Crippen molar-refractivity contribution < 1.29 is 19.8 Å². The summed E-state index contributed by atoms with van der Waals surface area (Å²) in [4.78, 5) is 23.3. The zero-order chi connectivity index (χ0) is 14.3. The number of carbonyl (C=O) groups excluding carboxylic acids is 2. The van der Waals surface area contributed by atoms with Crippen LogP contribution in [-0.2, 0) is 4.79 Å². The van der Waals surface area contributed by atoms with Crippen molar-refractivity contribution in [3.63, 3.8) is 0 Å². The van der Waals surface area contributed by atoms with Crippen LogP contribution in [0.2, 0.25) is 0 Å². The summed E-state index contributed by atoms with van der Waals surface area (Å²) < 4.78 is 0. The van der Waals surface area contributed by atoms with Gasteiger partial charge >= 0.3 is 5.97 Å². The number of nitrogens with one attached hydrogen (secondary N) is 1. The van der Waals surface area contributed by atoms with Crippen molar-refractivity contribution in [2.45, 2.75) is 18.4 Å². The highest BCUT2D eigenvalue weighted by molar-refractivity contribution is 6.05. The average molecular weight is 272 g/mol. The van der Waals surface area contributed by atoms with E-state index in [9.17, 15) is 14.7 Å². The number of benzene rings is 2. The number of phenolic OH excluding ortho intramolecular Hbond substituents is 1. The minimum Gasteiger partial charge on any atom is -0.563 e. The van der Waals surface area contributed by atoms with Gasteiger partial charge in [0.25, 0.3) is 5.91 Å². The molecule has 0 radical (unpaired) electrons. The molecule has 1 aliphatic carbocycles. The zero-order valence-electron chi connectivity index (χ0n) is 10.6. The van der Waals surface area contributed by atoms with E-state index in [-0.39, 0.29) is 11.3 Å². The third-order valence-electron chi connectivity index (χ3n) is 3.68. The zero-order valence-corrected chi connectivity index (χ0v) is 10.6. The third kappa shape index (κ3) is 1.87. The van der Waals surface area contributed by atoms with Crippen molar-refractivity contribution in [1.29, 1.82) is 0 Å². The number of phenols is 1. The van der Waals surface area contributed by atoms with Crippen LogP contribution in [0.5, 0.6) is 5.75 Å². The van der Waals surface area contributed by atoms with Gasteiger partial charge in [0.05, 0.1) is 5.56 Å². The average Bonchev–Trinajstić information content (AvgIpc) is 3.20. The second kappa shape index (κ2) is 4.23. The minimum absolute atomic E-state index is 0.103. The first-order chi connectivity index (χ1) is 9.53. The van der Waals surface area contributed by atoms with Crippen LogP contribution < -0.4 is 5.32 Å². The van der Waals surface area contributed by atoms with E-state index in [1.807, 2.05) is 12.1 Å². The minimum atomic E-state index is -1.05. The number of carbonyl (C=O) groups is 2. The number of amides is 1. The van der Waals surface area contributed by atoms with Crippen LogP contribution in [0.3, 0.4) is 0 Å². The Bertz CT molecular complexity index is 719. The molecular weight excluding hydrogens is 258 g/mol.